The number of hydrogen-bond donors (Lipinski definition) is 1. The predicted octanol–water partition coefficient (Wildman–Crippen LogP) is 4.26. The topological polar surface area (TPSA) is 76.6 Å². The zero-order valence-corrected chi connectivity index (χ0v) is 18.3. The normalized spacial score (nSPS) is 14.7. The van der Waals surface area contributed by atoms with Gasteiger partial charge in [-0.25, -0.2) is 4.98 Å². The average Bonchev–Trinajstić information content (AvgIpc) is 3.35. The molecule has 0 radical (unpaired) electrons. The van der Waals surface area contributed by atoms with Gasteiger partial charge >= 0.3 is 6.61 Å². The Labute approximate surface area is 185 Å². The summed E-state index contributed by atoms with van der Waals surface area (Å²) in [5.74, 6) is 0.459. The zero-order valence-electron chi connectivity index (χ0n) is 16.6. The van der Waals surface area contributed by atoms with Crippen molar-refractivity contribution in [2.45, 2.75) is 20.1 Å². The Bertz CT molecular complexity index is 1050. The smallest absolute Gasteiger partial charge is 0.387 e. The van der Waals surface area contributed by atoms with Crippen LogP contribution in [-0.4, -0.2) is 53.1 Å². The molecule has 3 heterocycles. The summed E-state index contributed by atoms with van der Waals surface area (Å²) in [5.41, 5.74) is 1.21. The number of amides is 1. The molecule has 1 aliphatic rings. The summed E-state index contributed by atoms with van der Waals surface area (Å²) >= 11 is 2.55. The van der Waals surface area contributed by atoms with E-state index in [0.29, 0.717) is 41.8 Å². The number of alkyl halides is 2. The first-order valence-corrected chi connectivity index (χ1v) is 11.2. The number of nitrogens with zero attached hydrogens (tertiary/aromatic N) is 3. The number of benzene rings is 1. The van der Waals surface area contributed by atoms with Crippen LogP contribution in [0.5, 0.6) is 5.75 Å². The quantitative estimate of drug-likeness (QED) is 0.561. The van der Waals surface area contributed by atoms with Crippen LogP contribution in [-0.2, 0) is 11.3 Å². The van der Waals surface area contributed by atoms with Crippen molar-refractivity contribution >= 4 is 33.9 Å². The largest absolute Gasteiger partial charge is 0.435 e. The average molecular weight is 467 g/mol. The highest BCUT2D eigenvalue weighted by Gasteiger charge is 2.18. The molecule has 1 N–H and O–H groups in total. The fourth-order valence-corrected chi connectivity index (χ4v) is 4.76. The molecule has 0 spiro atoms. The fraction of sp³-hybridized carbons (Fsp3) is 0.350. The zero-order chi connectivity index (χ0) is 21.8. The molecule has 0 atom stereocenters. The Morgan fingerprint density at radius 2 is 2.13 bits per heavy atom. The van der Waals surface area contributed by atoms with Gasteiger partial charge in [-0.3, -0.25) is 15.0 Å². The van der Waals surface area contributed by atoms with Crippen molar-refractivity contribution in [2.75, 3.05) is 31.6 Å². The maximum absolute atomic E-state index is 12.8. The maximum atomic E-state index is 12.8. The summed E-state index contributed by atoms with van der Waals surface area (Å²) in [7, 11) is 0. The lowest BCUT2D eigenvalue weighted by Gasteiger charge is -2.25. The molecule has 1 saturated heterocycles. The highest BCUT2D eigenvalue weighted by atomic mass is 32.1. The summed E-state index contributed by atoms with van der Waals surface area (Å²) < 4.78 is 39.1. The number of aryl methyl sites for hydroxylation is 1. The Morgan fingerprint density at radius 1 is 1.32 bits per heavy atom. The summed E-state index contributed by atoms with van der Waals surface area (Å²) in [5, 5.41) is 3.24. The molecule has 0 bridgehead atoms. The minimum Gasteiger partial charge on any atom is -0.435 e. The molecular weight excluding hydrogens is 446 g/mol. The van der Waals surface area contributed by atoms with Crippen LogP contribution in [0.2, 0.25) is 0 Å². The van der Waals surface area contributed by atoms with Crippen LogP contribution in [0.3, 0.4) is 0 Å². The third-order valence-corrected chi connectivity index (χ3v) is 6.43. The summed E-state index contributed by atoms with van der Waals surface area (Å²) in [4.78, 5) is 21.0. The van der Waals surface area contributed by atoms with Crippen LogP contribution in [0, 0.1) is 6.92 Å². The van der Waals surface area contributed by atoms with Crippen molar-refractivity contribution in [1.29, 1.82) is 0 Å². The first-order valence-electron chi connectivity index (χ1n) is 9.57. The van der Waals surface area contributed by atoms with Gasteiger partial charge in [-0.05, 0) is 30.7 Å². The van der Waals surface area contributed by atoms with Gasteiger partial charge in [0.2, 0.25) is 5.13 Å². The van der Waals surface area contributed by atoms with Gasteiger partial charge in [-0.2, -0.15) is 13.2 Å². The molecule has 4 rings (SSSR count). The van der Waals surface area contributed by atoms with Crippen LogP contribution >= 0.6 is 22.9 Å². The number of thiophene rings is 1. The lowest BCUT2D eigenvalue weighted by atomic mass is 10.1. The number of halogens is 2. The van der Waals surface area contributed by atoms with Crippen molar-refractivity contribution in [1.82, 2.24) is 14.3 Å². The van der Waals surface area contributed by atoms with Crippen molar-refractivity contribution < 1.29 is 23.0 Å². The van der Waals surface area contributed by atoms with Gasteiger partial charge in [0.1, 0.15) is 5.75 Å². The SMILES string of the molecule is Cc1sc(-c2cccc(OC(F)F)c2)cc1C(=O)Nc1nc(CN2CCOCC2)ns1. The van der Waals surface area contributed by atoms with E-state index in [0.717, 1.165) is 34.4 Å². The van der Waals surface area contributed by atoms with E-state index < -0.39 is 6.61 Å². The minimum atomic E-state index is -2.89. The van der Waals surface area contributed by atoms with E-state index in [2.05, 4.69) is 24.3 Å². The van der Waals surface area contributed by atoms with E-state index in [4.69, 9.17) is 4.74 Å². The molecule has 1 fully saturated rings. The Hall–Kier alpha value is -2.47. The van der Waals surface area contributed by atoms with E-state index in [1.54, 1.807) is 18.2 Å². The Kier molecular flexibility index (Phi) is 6.86. The van der Waals surface area contributed by atoms with E-state index in [1.165, 1.54) is 23.5 Å². The monoisotopic (exact) mass is 466 g/mol. The predicted molar refractivity (Wildman–Crippen MR) is 115 cm³/mol. The molecule has 1 amide bonds. The van der Waals surface area contributed by atoms with Crippen LogP contribution in [0.25, 0.3) is 10.4 Å². The van der Waals surface area contributed by atoms with Gasteiger partial charge in [0.25, 0.3) is 5.91 Å². The third-order valence-electron chi connectivity index (χ3n) is 4.66. The number of nitrogens with one attached hydrogen (secondary N) is 1. The molecular formula is C20H20F2N4O3S2. The Morgan fingerprint density at radius 3 is 2.90 bits per heavy atom. The van der Waals surface area contributed by atoms with Crippen molar-refractivity contribution in [2.24, 2.45) is 0 Å². The van der Waals surface area contributed by atoms with Crippen molar-refractivity contribution in [3.63, 3.8) is 0 Å². The van der Waals surface area contributed by atoms with Crippen LogP contribution in [0.4, 0.5) is 13.9 Å². The molecule has 0 unspecified atom stereocenters. The molecule has 0 saturated carbocycles. The molecule has 0 aliphatic carbocycles. The van der Waals surface area contributed by atoms with Gasteiger partial charge < -0.3 is 9.47 Å². The van der Waals surface area contributed by atoms with Gasteiger partial charge in [-0.1, -0.05) is 12.1 Å². The molecule has 7 nitrogen and oxygen atoms in total. The Balaban J connectivity index is 1.43. The molecule has 164 valence electrons. The van der Waals surface area contributed by atoms with Crippen LogP contribution < -0.4 is 10.1 Å². The highest BCUT2D eigenvalue weighted by molar-refractivity contribution is 7.15. The molecule has 1 aliphatic heterocycles. The molecule has 3 aromatic rings. The van der Waals surface area contributed by atoms with Crippen molar-refractivity contribution in [3.05, 3.63) is 46.6 Å². The minimum absolute atomic E-state index is 0.0752. The van der Waals surface area contributed by atoms with Gasteiger partial charge in [0.05, 0.1) is 25.3 Å². The van der Waals surface area contributed by atoms with Gasteiger partial charge in [-0.15, -0.1) is 11.3 Å². The molecule has 11 heteroatoms. The first-order chi connectivity index (χ1) is 15.0. The van der Waals surface area contributed by atoms with E-state index in [1.807, 2.05) is 6.92 Å². The lowest BCUT2D eigenvalue weighted by Crippen LogP contribution is -2.35. The number of aromatic nitrogens is 2. The molecule has 1 aromatic carbocycles. The van der Waals surface area contributed by atoms with Crippen molar-refractivity contribution in [3.8, 4) is 16.2 Å². The standard InChI is InChI=1S/C20H20F2N4O3S2/c1-12-15(10-16(30-12)13-3-2-4-14(9-13)29-19(21)22)18(27)24-20-23-17(25-31-20)11-26-5-7-28-8-6-26/h2-4,9-10,19H,5-8,11H2,1H3,(H,23,24,25,27). The van der Waals surface area contributed by atoms with E-state index in [-0.39, 0.29) is 11.7 Å². The second kappa shape index (κ2) is 9.77. The second-order valence-electron chi connectivity index (χ2n) is 6.85. The van der Waals surface area contributed by atoms with Crippen LogP contribution in [0.1, 0.15) is 21.1 Å². The summed E-state index contributed by atoms with van der Waals surface area (Å²) in [6.45, 7) is 2.64. The number of carbonyl (C=O) groups is 1. The molecule has 2 aromatic heterocycles. The summed E-state index contributed by atoms with van der Waals surface area (Å²) in [6, 6.07) is 8.16. The number of carbonyl (C=O) groups excluding carboxylic acids is 1. The van der Waals surface area contributed by atoms with E-state index in [9.17, 15) is 13.6 Å². The van der Waals surface area contributed by atoms with Gasteiger partial charge in [0, 0.05) is 34.4 Å². The number of rotatable bonds is 7. The van der Waals surface area contributed by atoms with Crippen LogP contribution in [0.15, 0.2) is 30.3 Å². The van der Waals surface area contributed by atoms with Gasteiger partial charge in [0.15, 0.2) is 5.82 Å². The molecule has 31 heavy (non-hydrogen) atoms. The number of morpholine rings is 1. The maximum Gasteiger partial charge on any atom is 0.387 e. The second-order valence-corrected chi connectivity index (χ2v) is 8.85. The third kappa shape index (κ3) is 5.62. The number of ether oxygens (including phenoxy) is 2. The number of hydrogen-bond acceptors (Lipinski definition) is 8. The number of anilines is 1. The fourth-order valence-electron chi connectivity index (χ4n) is 3.17. The first kappa shape index (κ1) is 21.8. The highest BCUT2D eigenvalue weighted by Crippen LogP contribution is 2.33. The lowest BCUT2D eigenvalue weighted by molar-refractivity contribution is -0.0498. The van der Waals surface area contributed by atoms with E-state index >= 15 is 0 Å². The summed E-state index contributed by atoms with van der Waals surface area (Å²) in [6.07, 6.45) is 0.